The topological polar surface area (TPSA) is 94.5 Å². The number of phenolic OH excluding ortho intramolecular Hbond substituents is 2. The van der Waals surface area contributed by atoms with Crippen molar-refractivity contribution in [1.82, 2.24) is 0 Å². The number of methoxy groups -OCH3 is 2. The van der Waals surface area contributed by atoms with Crippen molar-refractivity contribution in [3.63, 3.8) is 0 Å². The Kier molecular flexibility index (Phi) is 5.75. The Labute approximate surface area is 199 Å². The molecule has 4 rings (SSSR count). The second kappa shape index (κ2) is 8.31. The van der Waals surface area contributed by atoms with Crippen molar-refractivity contribution in [2.24, 2.45) is 0 Å². The van der Waals surface area contributed by atoms with Gasteiger partial charge in [0.25, 0.3) is 0 Å². The lowest BCUT2D eigenvalue weighted by molar-refractivity contribution is 0.102. The number of ether oxygens (including phenoxy) is 4. The summed E-state index contributed by atoms with van der Waals surface area (Å²) in [7, 11) is 2.80. The predicted octanol–water partition coefficient (Wildman–Crippen LogP) is 5.23. The molecule has 2 aliphatic rings. The van der Waals surface area contributed by atoms with Gasteiger partial charge in [-0.2, -0.15) is 0 Å². The summed E-state index contributed by atoms with van der Waals surface area (Å²) in [4.78, 5) is 13.9. The van der Waals surface area contributed by atoms with Crippen molar-refractivity contribution >= 4 is 5.78 Å². The van der Waals surface area contributed by atoms with Crippen LogP contribution in [0.15, 0.2) is 36.4 Å². The number of benzene rings is 2. The third kappa shape index (κ3) is 3.30. The minimum atomic E-state index is -0.633. The van der Waals surface area contributed by atoms with E-state index in [0.717, 1.165) is 11.1 Å². The summed E-state index contributed by atoms with van der Waals surface area (Å²) in [6, 6.07) is 3.17. The van der Waals surface area contributed by atoms with Crippen LogP contribution >= 0.6 is 0 Å². The van der Waals surface area contributed by atoms with E-state index in [-0.39, 0.29) is 58.2 Å². The summed E-state index contributed by atoms with van der Waals surface area (Å²) in [5.41, 5.74) is 2.45. The zero-order valence-corrected chi connectivity index (χ0v) is 20.3. The van der Waals surface area contributed by atoms with Crippen molar-refractivity contribution in [1.29, 1.82) is 0 Å². The fourth-order valence-corrected chi connectivity index (χ4v) is 5.07. The molecule has 34 heavy (non-hydrogen) atoms. The second-order valence-electron chi connectivity index (χ2n) is 9.10. The van der Waals surface area contributed by atoms with Crippen molar-refractivity contribution in [2.75, 3.05) is 14.2 Å². The van der Waals surface area contributed by atoms with Gasteiger partial charge in [-0.05, 0) is 25.0 Å². The normalized spacial score (nSPS) is 22.3. The van der Waals surface area contributed by atoms with Crippen LogP contribution in [-0.2, 0) is 0 Å². The maximum atomic E-state index is 13.9. The van der Waals surface area contributed by atoms with E-state index in [2.05, 4.69) is 13.2 Å². The first kappa shape index (κ1) is 23.5. The molecule has 2 aromatic carbocycles. The quantitative estimate of drug-likeness (QED) is 0.445. The van der Waals surface area contributed by atoms with E-state index >= 15 is 0 Å². The maximum Gasteiger partial charge on any atom is 0.208 e. The summed E-state index contributed by atoms with van der Waals surface area (Å²) in [6.07, 6.45) is -0.674. The molecule has 0 saturated heterocycles. The molecule has 7 nitrogen and oxygen atoms in total. The van der Waals surface area contributed by atoms with E-state index in [4.69, 9.17) is 18.9 Å². The van der Waals surface area contributed by atoms with E-state index in [9.17, 15) is 15.0 Å². The smallest absolute Gasteiger partial charge is 0.208 e. The summed E-state index contributed by atoms with van der Waals surface area (Å²) in [6.45, 7) is 15.4. The van der Waals surface area contributed by atoms with Gasteiger partial charge in [-0.1, -0.05) is 27.0 Å². The van der Waals surface area contributed by atoms with Crippen molar-refractivity contribution in [3.8, 4) is 34.5 Å². The van der Waals surface area contributed by atoms with Gasteiger partial charge in [-0.25, -0.2) is 0 Å². The zero-order valence-electron chi connectivity index (χ0n) is 20.3. The van der Waals surface area contributed by atoms with E-state index in [0.29, 0.717) is 22.6 Å². The molecule has 0 radical (unpaired) electrons. The average molecular weight is 467 g/mol. The molecule has 4 unspecified atom stereocenters. The van der Waals surface area contributed by atoms with Crippen LogP contribution in [-0.4, -0.2) is 42.4 Å². The number of hydrogen-bond donors (Lipinski definition) is 2. The standard InChI is InChI=1S/C27H30O7/c1-11(2)26-13(5)19-17(33-26)9-15(31-7)21(23(19)28)25(30)22-16(32-8)10-18-20(24(22)29)14(6)27(34-18)12(3)4/h9-10,13-14,26-29H,1,3H2,2,4-8H3. The molecule has 0 aromatic heterocycles. The highest BCUT2D eigenvalue weighted by Crippen LogP contribution is 2.53. The van der Waals surface area contributed by atoms with Crippen LogP contribution in [0.4, 0.5) is 0 Å². The molecular formula is C27H30O7. The number of aromatic hydroxyl groups is 2. The lowest BCUT2D eigenvalue weighted by Crippen LogP contribution is -2.17. The van der Waals surface area contributed by atoms with E-state index in [1.54, 1.807) is 12.1 Å². The SMILES string of the molecule is C=C(C)C1Oc2cc(OC)c(C(=O)c3c(OC)cc4c(c3O)C(C)C(C(=C)C)O4)c(O)c2C1C. The molecule has 0 fully saturated rings. The van der Waals surface area contributed by atoms with Crippen LogP contribution in [0.5, 0.6) is 34.5 Å². The summed E-state index contributed by atoms with van der Waals surface area (Å²) < 4.78 is 22.9. The molecule has 0 spiro atoms. The molecule has 0 bridgehead atoms. The van der Waals surface area contributed by atoms with Crippen LogP contribution in [0.3, 0.4) is 0 Å². The first-order chi connectivity index (χ1) is 16.0. The molecule has 7 heteroatoms. The van der Waals surface area contributed by atoms with Crippen molar-refractivity contribution in [3.05, 3.63) is 58.7 Å². The van der Waals surface area contributed by atoms with Crippen LogP contribution < -0.4 is 18.9 Å². The minimum Gasteiger partial charge on any atom is -0.507 e. The van der Waals surface area contributed by atoms with Crippen LogP contribution in [0.25, 0.3) is 0 Å². The first-order valence-electron chi connectivity index (χ1n) is 11.1. The molecule has 2 N–H and O–H groups in total. The Morgan fingerprint density at radius 1 is 0.824 bits per heavy atom. The van der Waals surface area contributed by atoms with Crippen molar-refractivity contribution < 1.29 is 34.0 Å². The lowest BCUT2D eigenvalue weighted by Gasteiger charge is -2.18. The van der Waals surface area contributed by atoms with E-state index in [1.165, 1.54) is 14.2 Å². The van der Waals surface area contributed by atoms with E-state index in [1.807, 2.05) is 27.7 Å². The lowest BCUT2D eigenvalue weighted by atomic mass is 9.87. The average Bonchev–Trinajstić information content (AvgIpc) is 3.30. The van der Waals surface area contributed by atoms with Gasteiger partial charge in [-0.15, -0.1) is 0 Å². The molecule has 4 atom stereocenters. The van der Waals surface area contributed by atoms with Gasteiger partial charge in [-0.3, -0.25) is 4.79 Å². The maximum absolute atomic E-state index is 13.9. The predicted molar refractivity (Wildman–Crippen MR) is 128 cm³/mol. The summed E-state index contributed by atoms with van der Waals surface area (Å²) >= 11 is 0. The monoisotopic (exact) mass is 466 g/mol. The third-order valence-corrected chi connectivity index (χ3v) is 6.72. The van der Waals surface area contributed by atoms with Gasteiger partial charge >= 0.3 is 0 Å². The Balaban J connectivity index is 1.90. The number of fused-ring (bicyclic) bond motifs is 2. The van der Waals surface area contributed by atoms with E-state index < -0.39 is 5.78 Å². The van der Waals surface area contributed by atoms with Crippen molar-refractivity contribution in [2.45, 2.75) is 51.7 Å². The molecule has 0 saturated carbocycles. The first-order valence-corrected chi connectivity index (χ1v) is 11.1. The van der Waals surface area contributed by atoms with Gasteiger partial charge in [0.1, 0.15) is 57.8 Å². The zero-order chi connectivity index (χ0) is 25.1. The number of carbonyl (C=O) groups excluding carboxylic acids is 1. The van der Waals surface area contributed by atoms with Crippen LogP contribution in [0.2, 0.25) is 0 Å². The fraction of sp³-hybridized carbons (Fsp3) is 0.370. The fourth-order valence-electron chi connectivity index (χ4n) is 5.07. The van der Waals surface area contributed by atoms with Gasteiger partial charge in [0.05, 0.1) is 14.2 Å². The molecule has 0 amide bonds. The molecule has 180 valence electrons. The molecule has 2 aromatic rings. The minimum absolute atomic E-state index is 0.0735. The highest BCUT2D eigenvalue weighted by Gasteiger charge is 2.41. The van der Waals surface area contributed by atoms with Gasteiger partial charge in [0, 0.05) is 35.1 Å². The van der Waals surface area contributed by atoms with Gasteiger partial charge in [0.2, 0.25) is 5.78 Å². The Morgan fingerprint density at radius 3 is 1.47 bits per heavy atom. The summed E-state index contributed by atoms with van der Waals surface area (Å²) in [5, 5.41) is 22.5. The summed E-state index contributed by atoms with van der Waals surface area (Å²) in [5.74, 6) is -0.473. The third-order valence-electron chi connectivity index (χ3n) is 6.72. The molecular weight excluding hydrogens is 436 g/mol. The highest BCUT2D eigenvalue weighted by atomic mass is 16.5. The molecule has 2 aliphatic heterocycles. The van der Waals surface area contributed by atoms with Crippen LogP contribution in [0.1, 0.15) is 66.6 Å². The Hall–Kier alpha value is -3.61. The Bertz CT molecular complexity index is 1130. The molecule has 0 aliphatic carbocycles. The van der Waals surface area contributed by atoms with Gasteiger partial charge in [0.15, 0.2) is 0 Å². The largest absolute Gasteiger partial charge is 0.507 e. The highest BCUT2D eigenvalue weighted by molar-refractivity contribution is 6.16. The number of ketones is 1. The second-order valence-corrected chi connectivity index (χ2v) is 9.10. The molecule has 2 heterocycles. The van der Waals surface area contributed by atoms with Gasteiger partial charge < -0.3 is 29.2 Å². The number of phenols is 2. The number of rotatable bonds is 6. The number of carbonyl (C=O) groups is 1. The number of hydrogen-bond acceptors (Lipinski definition) is 7. The Morgan fingerprint density at radius 2 is 1.18 bits per heavy atom. The van der Waals surface area contributed by atoms with Crippen LogP contribution in [0, 0.1) is 0 Å².